The van der Waals surface area contributed by atoms with E-state index in [2.05, 4.69) is 10.4 Å². The second kappa shape index (κ2) is 6.83. The third kappa shape index (κ3) is 3.71. The molecule has 0 aliphatic carbocycles. The minimum atomic E-state index is -0.150. The zero-order chi connectivity index (χ0) is 17.3. The highest BCUT2D eigenvalue weighted by Gasteiger charge is 2.32. The van der Waals surface area contributed by atoms with Crippen molar-refractivity contribution in [2.45, 2.75) is 33.0 Å². The van der Waals surface area contributed by atoms with Crippen LogP contribution in [0.5, 0.6) is 0 Å². The number of amides is 2. The van der Waals surface area contributed by atoms with E-state index in [1.807, 2.05) is 39.1 Å². The van der Waals surface area contributed by atoms with Gasteiger partial charge in [0.05, 0.1) is 31.0 Å². The zero-order valence-electron chi connectivity index (χ0n) is 14.0. The van der Waals surface area contributed by atoms with Gasteiger partial charge in [0.1, 0.15) is 0 Å². The number of hydrogen-bond acceptors (Lipinski definition) is 3. The van der Waals surface area contributed by atoms with Gasteiger partial charge in [-0.2, -0.15) is 0 Å². The molecule has 0 saturated carbocycles. The molecule has 0 unspecified atom stereocenters. The van der Waals surface area contributed by atoms with Gasteiger partial charge in [-0.1, -0.05) is 11.6 Å². The lowest BCUT2D eigenvalue weighted by atomic mass is 10.2. The molecule has 1 fully saturated rings. The van der Waals surface area contributed by atoms with Crippen LogP contribution < -0.4 is 5.32 Å². The first-order chi connectivity index (χ1) is 11.4. The van der Waals surface area contributed by atoms with Crippen LogP contribution in [0, 0.1) is 6.92 Å². The molecule has 0 radical (unpaired) electrons. The molecule has 0 bridgehead atoms. The van der Waals surface area contributed by atoms with Crippen LogP contribution in [0.4, 0.5) is 10.6 Å². The summed E-state index contributed by atoms with van der Waals surface area (Å²) in [5, 5.41) is 7.98. The van der Waals surface area contributed by atoms with E-state index < -0.39 is 0 Å². The Morgan fingerprint density at radius 2 is 2.00 bits per heavy atom. The third-order valence-corrected chi connectivity index (χ3v) is 4.07. The predicted molar refractivity (Wildman–Crippen MR) is 93.9 cm³/mol. The number of hydrogen-bond donors (Lipinski definition) is 1. The predicted octanol–water partition coefficient (Wildman–Crippen LogP) is 3.48. The average molecular weight is 349 g/mol. The second-order valence-electron chi connectivity index (χ2n) is 6.22. The number of aryl methyl sites for hydroxylation is 1. The first-order valence-corrected chi connectivity index (χ1v) is 8.34. The summed E-state index contributed by atoms with van der Waals surface area (Å²) in [6, 6.07) is 7.22. The molecule has 7 heteroatoms. The lowest BCUT2D eigenvalue weighted by molar-refractivity contribution is -0.0624. The summed E-state index contributed by atoms with van der Waals surface area (Å²) in [6.07, 6.45) is 2.18. The van der Waals surface area contributed by atoms with Crippen LogP contribution in [0.1, 0.15) is 19.4 Å². The number of nitrogens with one attached hydrogen (secondary N) is 1. The maximum absolute atomic E-state index is 12.3. The lowest BCUT2D eigenvalue weighted by Crippen LogP contribution is -2.56. The van der Waals surface area contributed by atoms with Crippen LogP contribution in [0.15, 0.2) is 30.5 Å². The maximum Gasteiger partial charge on any atom is 0.323 e. The molecule has 6 nitrogen and oxygen atoms in total. The molecular weight excluding hydrogens is 328 g/mol. The largest absolute Gasteiger partial charge is 0.372 e. The van der Waals surface area contributed by atoms with Gasteiger partial charge in [0.25, 0.3) is 0 Å². The smallest absolute Gasteiger partial charge is 0.323 e. The number of anilines is 1. The molecule has 1 N–H and O–H groups in total. The fourth-order valence-corrected chi connectivity index (χ4v) is 2.69. The number of aromatic nitrogens is 2. The first-order valence-electron chi connectivity index (χ1n) is 7.96. The van der Waals surface area contributed by atoms with E-state index in [9.17, 15) is 4.79 Å². The van der Waals surface area contributed by atoms with Gasteiger partial charge in [-0.25, -0.2) is 9.48 Å². The number of halogens is 1. The molecule has 1 aliphatic rings. The van der Waals surface area contributed by atoms with E-state index in [1.165, 1.54) is 0 Å². The molecule has 1 aliphatic heterocycles. The zero-order valence-corrected chi connectivity index (χ0v) is 14.7. The Bertz CT molecular complexity index is 721. The van der Waals surface area contributed by atoms with Gasteiger partial charge in [-0.15, -0.1) is 5.10 Å². The van der Waals surface area contributed by atoms with Crippen molar-refractivity contribution < 1.29 is 9.53 Å². The van der Waals surface area contributed by atoms with Crippen LogP contribution in [0.2, 0.25) is 5.02 Å². The van der Waals surface area contributed by atoms with E-state index in [0.717, 1.165) is 11.3 Å². The number of carbonyl (C=O) groups is 1. The van der Waals surface area contributed by atoms with Gasteiger partial charge < -0.3 is 9.64 Å². The van der Waals surface area contributed by atoms with E-state index in [4.69, 9.17) is 16.3 Å². The van der Waals surface area contributed by atoms with E-state index in [0.29, 0.717) is 23.9 Å². The summed E-state index contributed by atoms with van der Waals surface area (Å²) in [4.78, 5) is 14.0. The summed E-state index contributed by atoms with van der Waals surface area (Å²) >= 11 is 5.90. The van der Waals surface area contributed by atoms with Gasteiger partial charge in [-0.05, 0) is 45.0 Å². The van der Waals surface area contributed by atoms with Crippen LogP contribution in [-0.4, -0.2) is 46.0 Å². The highest BCUT2D eigenvalue weighted by molar-refractivity contribution is 6.30. The van der Waals surface area contributed by atoms with Gasteiger partial charge in [0, 0.05) is 16.8 Å². The standard InChI is InChI=1S/C17H21ClN4O2/c1-11(2)24-15-9-21(10-15)17(23)19-16-12(3)8-22(20-16)14-6-4-13(18)5-7-14/h4-8,11,15H,9-10H2,1-3H3,(H,19,20,23). The topological polar surface area (TPSA) is 59.4 Å². The Labute approximate surface area is 146 Å². The normalized spacial score (nSPS) is 14.8. The van der Waals surface area contributed by atoms with Crippen molar-refractivity contribution >= 4 is 23.4 Å². The van der Waals surface area contributed by atoms with Crippen LogP contribution in [0.3, 0.4) is 0 Å². The fraction of sp³-hybridized carbons (Fsp3) is 0.412. The van der Waals surface area contributed by atoms with Crippen molar-refractivity contribution in [2.24, 2.45) is 0 Å². The number of ether oxygens (including phenoxy) is 1. The summed E-state index contributed by atoms with van der Waals surface area (Å²) in [6.45, 7) is 7.13. The quantitative estimate of drug-likeness (QED) is 0.920. The Kier molecular flexibility index (Phi) is 4.78. The van der Waals surface area contributed by atoms with E-state index >= 15 is 0 Å². The number of rotatable bonds is 4. The molecule has 1 saturated heterocycles. The van der Waals surface area contributed by atoms with Gasteiger partial charge >= 0.3 is 6.03 Å². The number of nitrogens with zero attached hydrogens (tertiary/aromatic N) is 3. The Morgan fingerprint density at radius 1 is 1.33 bits per heavy atom. The SMILES string of the molecule is Cc1cn(-c2ccc(Cl)cc2)nc1NC(=O)N1CC(OC(C)C)C1. The highest BCUT2D eigenvalue weighted by atomic mass is 35.5. The molecule has 2 aromatic rings. The second-order valence-corrected chi connectivity index (χ2v) is 6.66. The highest BCUT2D eigenvalue weighted by Crippen LogP contribution is 2.20. The third-order valence-electron chi connectivity index (χ3n) is 3.81. The summed E-state index contributed by atoms with van der Waals surface area (Å²) in [7, 11) is 0. The number of benzene rings is 1. The average Bonchev–Trinajstić information content (AvgIpc) is 2.84. The van der Waals surface area contributed by atoms with Gasteiger partial charge in [0.15, 0.2) is 5.82 Å². The van der Waals surface area contributed by atoms with E-state index in [1.54, 1.807) is 21.7 Å². The summed E-state index contributed by atoms with van der Waals surface area (Å²) in [5.74, 6) is 0.558. The van der Waals surface area contributed by atoms with Crippen molar-refractivity contribution in [3.8, 4) is 5.69 Å². The fourth-order valence-electron chi connectivity index (χ4n) is 2.56. The van der Waals surface area contributed by atoms with Crippen molar-refractivity contribution in [3.05, 3.63) is 41.0 Å². The lowest BCUT2D eigenvalue weighted by Gasteiger charge is -2.39. The Balaban J connectivity index is 1.62. The number of likely N-dealkylation sites (tertiary alicyclic amines) is 1. The summed E-state index contributed by atoms with van der Waals surface area (Å²) < 4.78 is 7.38. The minimum Gasteiger partial charge on any atom is -0.372 e. The van der Waals surface area contributed by atoms with Crippen LogP contribution in [-0.2, 0) is 4.74 Å². The molecule has 128 valence electrons. The van der Waals surface area contributed by atoms with E-state index in [-0.39, 0.29) is 18.2 Å². The summed E-state index contributed by atoms with van der Waals surface area (Å²) in [5.41, 5.74) is 1.78. The van der Waals surface area contributed by atoms with Crippen LogP contribution in [0.25, 0.3) is 5.69 Å². The van der Waals surface area contributed by atoms with Gasteiger partial charge in [0.2, 0.25) is 0 Å². The molecule has 0 atom stereocenters. The molecule has 0 spiro atoms. The number of carbonyl (C=O) groups excluding carboxylic acids is 1. The molecule has 3 rings (SSSR count). The van der Waals surface area contributed by atoms with Crippen LogP contribution >= 0.6 is 11.6 Å². The monoisotopic (exact) mass is 348 g/mol. The molecule has 2 heterocycles. The van der Waals surface area contributed by atoms with Crippen molar-refractivity contribution in [1.82, 2.24) is 14.7 Å². The minimum absolute atomic E-state index is 0.128. The molecule has 24 heavy (non-hydrogen) atoms. The maximum atomic E-state index is 12.3. The Morgan fingerprint density at radius 3 is 2.62 bits per heavy atom. The van der Waals surface area contributed by atoms with Crippen molar-refractivity contribution in [1.29, 1.82) is 0 Å². The van der Waals surface area contributed by atoms with Crippen molar-refractivity contribution in [2.75, 3.05) is 18.4 Å². The molecular formula is C17H21ClN4O2. The van der Waals surface area contributed by atoms with Crippen molar-refractivity contribution in [3.63, 3.8) is 0 Å². The van der Waals surface area contributed by atoms with Gasteiger partial charge in [-0.3, -0.25) is 5.32 Å². The number of urea groups is 1. The first kappa shape index (κ1) is 16.8. The Hall–Kier alpha value is -2.05. The molecule has 2 amide bonds. The molecule has 1 aromatic carbocycles. The molecule has 1 aromatic heterocycles.